The molecule has 0 radical (unpaired) electrons. The van der Waals surface area contributed by atoms with Crippen molar-refractivity contribution in [2.45, 2.75) is 25.8 Å². The number of hydrogen-bond donors (Lipinski definition) is 1. The first kappa shape index (κ1) is 20.5. The summed E-state index contributed by atoms with van der Waals surface area (Å²) in [5.41, 5.74) is 7.68. The van der Waals surface area contributed by atoms with Crippen LogP contribution in [-0.4, -0.2) is 50.1 Å². The van der Waals surface area contributed by atoms with Crippen molar-refractivity contribution in [1.29, 1.82) is 0 Å². The van der Waals surface area contributed by atoms with Crippen LogP contribution in [0, 0.1) is 16.0 Å². The van der Waals surface area contributed by atoms with Gasteiger partial charge < -0.3 is 19.9 Å². The second kappa shape index (κ2) is 8.94. The zero-order chi connectivity index (χ0) is 21.8. The Hall–Kier alpha value is -3.76. The minimum atomic E-state index is -0.375. The van der Waals surface area contributed by atoms with Crippen molar-refractivity contribution in [3.8, 4) is 0 Å². The molecule has 2 N–H and O–H groups in total. The lowest BCUT2D eigenvalue weighted by molar-refractivity contribution is -0.384. The predicted octanol–water partition coefficient (Wildman–Crippen LogP) is 2.17. The van der Waals surface area contributed by atoms with Crippen LogP contribution in [-0.2, 0) is 16.1 Å². The lowest BCUT2D eigenvalue weighted by Gasteiger charge is -2.32. The number of nitro groups is 1. The lowest BCUT2D eigenvalue weighted by Crippen LogP contribution is -2.37. The van der Waals surface area contributed by atoms with E-state index in [1.807, 2.05) is 9.47 Å². The average Bonchev–Trinajstić information content (AvgIpc) is 3.21. The summed E-state index contributed by atoms with van der Waals surface area (Å²) >= 11 is 0. The first-order chi connectivity index (χ1) is 15.0. The summed E-state index contributed by atoms with van der Waals surface area (Å²) < 4.78 is 7.32. The molecular weight excluding hydrogens is 402 g/mol. The number of nitro benzene ring substituents is 1. The molecule has 1 aliphatic rings. The molecule has 3 aromatic rings. The molecule has 0 aliphatic carbocycles. The first-order valence-corrected chi connectivity index (χ1v) is 10.1. The monoisotopic (exact) mass is 425 g/mol. The number of rotatable bonds is 7. The van der Waals surface area contributed by atoms with Crippen LogP contribution in [0.25, 0.3) is 11.2 Å². The van der Waals surface area contributed by atoms with E-state index in [2.05, 4.69) is 15.0 Å². The Balaban J connectivity index is 1.24. The van der Waals surface area contributed by atoms with Crippen LogP contribution >= 0.6 is 0 Å². The van der Waals surface area contributed by atoms with Crippen LogP contribution in [0.15, 0.2) is 36.9 Å². The van der Waals surface area contributed by atoms with Crippen LogP contribution in [0.1, 0.15) is 19.3 Å². The van der Waals surface area contributed by atoms with E-state index < -0.39 is 0 Å². The van der Waals surface area contributed by atoms with Gasteiger partial charge in [-0.25, -0.2) is 15.0 Å². The van der Waals surface area contributed by atoms with Crippen molar-refractivity contribution in [2.75, 3.05) is 30.3 Å². The van der Waals surface area contributed by atoms with Gasteiger partial charge in [0.2, 0.25) is 0 Å². The van der Waals surface area contributed by atoms with E-state index in [9.17, 15) is 14.9 Å². The molecule has 4 rings (SSSR count). The Kier molecular flexibility index (Phi) is 5.92. The van der Waals surface area contributed by atoms with Crippen LogP contribution in [0.3, 0.4) is 0 Å². The highest BCUT2D eigenvalue weighted by Crippen LogP contribution is 2.31. The number of fused-ring (bicyclic) bond motifs is 1. The molecule has 0 spiro atoms. The lowest BCUT2D eigenvalue weighted by atomic mass is 9.96. The molecule has 1 aromatic carbocycles. The highest BCUT2D eigenvalue weighted by molar-refractivity contribution is 5.81. The Labute approximate surface area is 178 Å². The number of hydrogen-bond acceptors (Lipinski definition) is 9. The maximum absolute atomic E-state index is 12.4. The number of imidazole rings is 1. The van der Waals surface area contributed by atoms with E-state index >= 15 is 0 Å². The third-order valence-corrected chi connectivity index (χ3v) is 5.46. The molecule has 1 saturated heterocycles. The summed E-state index contributed by atoms with van der Waals surface area (Å²) in [6, 6.07) is 6.68. The predicted molar refractivity (Wildman–Crippen MR) is 113 cm³/mol. The number of nitrogen functional groups attached to an aromatic ring is 1. The van der Waals surface area contributed by atoms with Crippen molar-refractivity contribution >= 4 is 34.3 Å². The summed E-state index contributed by atoms with van der Waals surface area (Å²) in [5.74, 6) is -0.0766. The molecule has 0 amide bonds. The number of anilines is 2. The fourth-order valence-corrected chi connectivity index (χ4v) is 3.83. The molecule has 3 heterocycles. The zero-order valence-electron chi connectivity index (χ0n) is 16.9. The standard InChI is InChI=1S/C20H23N7O4/c21-18-17-19(23-12-22-18)26(13-24-17)8-3-11-31-20(28)14-6-9-25(10-7-14)15-4-1-2-5-16(15)27(29)30/h1-2,4-5,12-14H,3,6-11H2,(H2,21,22,23). The topological polar surface area (TPSA) is 142 Å². The minimum absolute atomic E-state index is 0.0857. The average molecular weight is 425 g/mol. The summed E-state index contributed by atoms with van der Waals surface area (Å²) in [7, 11) is 0. The number of esters is 1. The molecule has 0 bridgehead atoms. The van der Waals surface area contributed by atoms with Crippen molar-refractivity contribution in [3.63, 3.8) is 0 Å². The molecule has 31 heavy (non-hydrogen) atoms. The van der Waals surface area contributed by atoms with Crippen LogP contribution in [0.4, 0.5) is 17.2 Å². The van der Waals surface area contributed by atoms with Gasteiger partial charge in [0, 0.05) is 25.7 Å². The fraction of sp³-hybridized carbons (Fsp3) is 0.400. The van der Waals surface area contributed by atoms with Crippen molar-refractivity contribution in [2.24, 2.45) is 5.92 Å². The van der Waals surface area contributed by atoms with Gasteiger partial charge in [-0.2, -0.15) is 0 Å². The third-order valence-electron chi connectivity index (χ3n) is 5.46. The molecule has 11 heteroatoms. The number of ether oxygens (including phenoxy) is 1. The Morgan fingerprint density at radius 2 is 2.00 bits per heavy atom. The number of carbonyl (C=O) groups excluding carboxylic acids is 1. The van der Waals surface area contributed by atoms with Crippen molar-refractivity contribution in [3.05, 3.63) is 47.0 Å². The second-order valence-electron chi connectivity index (χ2n) is 7.40. The number of piperidine rings is 1. The highest BCUT2D eigenvalue weighted by Gasteiger charge is 2.28. The Bertz CT molecular complexity index is 1090. The maximum atomic E-state index is 12.4. The van der Waals surface area contributed by atoms with E-state index in [-0.39, 0.29) is 22.5 Å². The van der Waals surface area contributed by atoms with Gasteiger partial charge in [0.05, 0.1) is 23.8 Å². The molecule has 2 aromatic heterocycles. The fourth-order valence-electron chi connectivity index (χ4n) is 3.83. The number of carbonyl (C=O) groups is 1. The van der Waals surface area contributed by atoms with Crippen molar-refractivity contribution < 1.29 is 14.5 Å². The molecule has 0 saturated carbocycles. The van der Waals surface area contributed by atoms with Gasteiger partial charge in [0.25, 0.3) is 5.69 Å². The van der Waals surface area contributed by atoms with Gasteiger partial charge in [0.1, 0.15) is 17.5 Å². The summed E-state index contributed by atoms with van der Waals surface area (Å²) in [6.45, 7) is 2.04. The van der Waals surface area contributed by atoms with Crippen LogP contribution in [0.2, 0.25) is 0 Å². The minimum Gasteiger partial charge on any atom is -0.465 e. The quantitative estimate of drug-likeness (QED) is 0.261. The summed E-state index contributed by atoms with van der Waals surface area (Å²) in [5, 5.41) is 11.2. The molecular formula is C20H23N7O4. The zero-order valence-corrected chi connectivity index (χ0v) is 16.9. The molecule has 162 valence electrons. The van der Waals surface area contributed by atoms with E-state index in [1.54, 1.807) is 24.5 Å². The molecule has 11 nitrogen and oxygen atoms in total. The molecule has 0 atom stereocenters. The number of nitrogens with zero attached hydrogens (tertiary/aromatic N) is 6. The van der Waals surface area contributed by atoms with Gasteiger partial charge >= 0.3 is 5.97 Å². The van der Waals surface area contributed by atoms with E-state index in [1.165, 1.54) is 12.4 Å². The van der Waals surface area contributed by atoms with E-state index in [4.69, 9.17) is 10.5 Å². The molecule has 1 fully saturated rings. The first-order valence-electron chi connectivity index (χ1n) is 10.1. The normalized spacial score (nSPS) is 14.6. The van der Waals surface area contributed by atoms with Crippen molar-refractivity contribution in [1.82, 2.24) is 19.5 Å². The van der Waals surface area contributed by atoms with Gasteiger partial charge in [-0.05, 0) is 25.3 Å². The maximum Gasteiger partial charge on any atom is 0.309 e. The smallest absolute Gasteiger partial charge is 0.309 e. The third kappa shape index (κ3) is 4.39. The Morgan fingerprint density at radius 3 is 2.77 bits per heavy atom. The van der Waals surface area contributed by atoms with Gasteiger partial charge in [0.15, 0.2) is 11.5 Å². The van der Waals surface area contributed by atoms with Gasteiger partial charge in [-0.1, -0.05) is 12.1 Å². The second-order valence-corrected chi connectivity index (χ2v) is 7.40. The number of aryl methyl sites for hydroxylation is 1. The highest BCUT2D eigenvalue weighted by atomic mass is 16.6. The number of para-hydroxylation sites is 2. The number of benzene rings is 1. The molecule has 1 aliphatic heterocycles. The number of aromatic nitrogens is 4. The summed E-state index contributed by atoms with van der Waals surface area (Å²) in [6.07, 6.45) is 4.87. The SMILES string of the molecule is Nc1ncnc2c1ncn2CCCOC(=O)C1CCN(c2ccccc2[N+](=O)[O-])CC1. The number of nitrogens with two attached hydrogens (primary N) is 1. The summed E-state index contributed by atoms with van der Waals surface area (Å²) in [4.78, 5) is 37.6. The van der Waals surface area contributed by atoms with Crippen LogP contribution < -0.4 is 10.6 Å². The van der Waals surface area contributed by atoms with Crippen LogP contribution in [0.5, 0.6) is 0 Å². The Morgan fingerprint density at radius 1 is 1.23 bits per heavy atom. The van der Waals surface area contributed by atoms with Gasteiger partial charge in [-0.15, -0.1) is 0 Å². The van der Waals surface area contributed by atoms with E-state index in [0.717, 1.165) is 0 Å². The molecule has 0 unspecified atom stereocenters. The van der Waals surface area contributed by atoms with Gasteiger partial charge in [-0.3, -0.25) is 14.9 Å². The largest absolute Gasteiger partial charge is 0.465 e. The van der Waals surface area contributed by atoms with E-state index in [0.29, 0.717) is 68.2 Å².